The molecule has 2 aromatic rings. The summed E-state index contributed by atoms with van der Waals surface area (Å²) in [6.07, 6.45) is 0. The molecule has 192 valence electrons. The van der Waals surface area contributed by atoms with Crippen molar-refractivity contribution in [1.29, 1.82) is 0 Å². The predicted octanol–water partition coefficient (Wildman–Crippen LogP) is 6.23. The third-order valence-electron chi connectivity index (χ3n) is 6.92. The minimum atomic E-state index is -0.219. The van der Waals surface area contributed by atoms with Gasteiger partial charge in [-0.05, 0) is 49.3 Å². The fourth-order valence-electron chi connectivity index (χ4n) is 4.85. The van der Waals surface area contributed by atoms with Gasteiger partial charge in [-0.25, -0.2) is 4.39 Å². The molecule has 1 heterocycles. The number of carbonyl (C=O) groups excluding carboxylic acids is 1. The quantitative estimate of drug-likeness (QED) is 0.506. The maximum atomic E-state index is 13.4. The molecule has 1 aliphatic heterocycles. The highest BCUT2D eigenvalue weighted by Gasteiger charge is 2.33. The number of hydrogen-bond donors (Lipinski definition) is 0. The van der Waals surface area contributed by atoms with Crippen LogP contribution in [0.4, 0.5) is 4.39 Å². The van der Waals surface area contributed by atoms with Gasteiger partial charge in [-0.3, -0.25) is 9.69 Å². The van der Waals surface area contributed by atoms with Crippen LogP contribution in [0.1, 0.15) is 77.6 Å². The topological polar surface area (TPSA) is 32.8 Å². The van der Waals surface area contributed by atoms with E-state index in [-0.39, 0.29) is 41.2 Å². The Morgan fingerprint density at radius 3 is 2.00 bits per heavy atom. The highest BCUT2D eigenvalue weighted by Crippen LogP contribution is 2.40. The Morgan fingerprint density at radius 2 is 1.49 bits per heavy atom. The van der Waals surface area contributed by atoms with Crippen LogP contribution in [0, 0.1) is 12.7 Å². The molecule has 0 spiro atoms. The summed E-state index contributed by atoms with van der Waals surface area (Å²) in [5, 5.41) is 0. The van der Waals surface area contributed by atoms with E-state index in [1.54, 1.807) is 0 Å². The number of nitrogens with zero attached hydrogens (tertiary/aromatic N) is 2. The van der Waals surface area contributed by atoms with Crippen molar-refractivity contribution >= 4 is 5.91 Å². The van der Waals surface area contributed by atoms with Crippen molar-refractivity contribution in [3.63, 3.8) is 0 Å². The predicted molar refractivity (Wildman–Crippen MR) is 142 cm³/mol. The van der Waals surface area contributed by atoms with Crippen LogP contribution in [0.15, 0.2) is 36.4 Å². The zero-order valence-corrected chi connectivity index (χ0v) is 23.0. The second-order valence-electron chi connectivity index (χ2n) is 12.3. The van der Waals surface area contributed by atoms with Crippen LogP contribution in [0.5, 0.6) is 5.75 Å². The number of carbonyl (C=O) groups is 1. The van der Waals surface area contributed by atoms with Crippen LogP contribution >= 0.6 is 0 Å². The van der Waals surface area contributed by atoms with Gasteiger partial charge in [-0.15, -0.1) is 0 Å². The molecular weight excluding hydrogens is 439 g/mol. The summed E-state index contributed by atoms with van der Waals surface area (Å²) in [5.74, 6) is 0.647. The van der Waals surface area contributed by atoms with Crippen molar-refractivity contribution in [1.82, 2.24) is 9.80 Å². The average molecular weight is 483 g/mol. The van der Waals surface area contributed by atoms with Gasteiger partial charge >= 0.3 is 0 Å². The standard InChI is InChI=1S/C30H43FN2O2/c1-20-14-25(29(4,5)6)28(26(15-20)30(7,8)9)35-19-27(34)33-17-21(2)32(16-22(33)3)18-23-10-12-24(31)13-11-23/h10-15,21-22H,16-19H2,1-9H3/t21-,22+/m1/s1. The summed E-state index contributed by atoms with van der Waals surface area (Å²) >= 11 is 0. The van der Waals surface area contributed by atoms with E-state index < -0.39 is 0 Å². The van der Waals surface area contributed by atoms with Gasteiger partial charge in [0.15, 0.2) is 6.61 Å². The van der Waals surface area contributed by atoms with Gasteiger partial charge in [0, 0.05) is 42.8 Å². The lowest BCUT2D eigenvalue weighted by Gasteiger charge is -2.44. The van der Waals surface area contributed by atoms with Crippen LogP contribution in [0.2, 0.25) is 0 Å². The van der Waals surface area contributed by atoms with Crippen LogP contribution < -0.4 is 4.74 Å². The highest BCUT2D eigenvalue weighted by atomic mass is 19.1. The summed E-state index contributed by atoms with van der Waals surface area (Å²) < 4.78 is 19.6. The monoisotopic (exact) mass is 482 g/mol. The summed E-state index contributed by atoms with van der Waals surface area (Å²) in [5.41, 5.74) is 4.37. The molecule has 0 N–H and O–H groups in total. The highest BCUT2D eigenvalue weighted by molar-refractivity contribution is 5.78. The first-order valence-electron chi connectivity index (χ1n) is 12.7. The molecule has 0 aliphatic carbocycles. The summed E-state index contributed by atoms with van der Waals surface area (Å²) in [6.45, 7) is 21.7. The second-order valence-corrected chi connectivity index (χ2v) is 12.3. The zero-order chi connectivity index (χ0) is 26.1. The van der Waals surface area contributed by atoms with Crippen molar-refractivity contribution in [3.8, 4) is 5.75 Å². The molecule has 2 aromatic carbocycles. The van der Waals surface area contributed by atoms with E-state index in [4.69, 9.17) is 4.74 Å². The number of amides is 1. The van der Waals surface area contributed by atoms with Crippen LogP contribution in [0.3, 0.4) is 0 Å². The summed E-state index contributed by atoms with van der Waals surface area (Å²) in [6, 6.07) is 11.3. The van der Waals surface area contributed by atoms with Crippen molar-refractivity contribution in [2.45, 2.75) is 91.8 Å². The van der Waals surface area contributed by atoms with Gasteiger partial charge in [-0.1, -0.05) is 71.4 Å². The zero-order valence-electron chi connectivity index (χ0n) is 23.0. The molecular formula is C30H43FN2O2. The molecule has 0 bridgehead atoms. The molecule has 0 aromatic heterocycles. The number of benzene rings is 2. The Balaban J connectivity index is 1.74. The van der Waals surface area contributed by atoms with E-state index in [2.05, 4.69) is 79.3 Å². The van der Waals surface area contributed by atoms with E-state index in [0.717, 1.165) is 35.5 Å². The Labute approximate surface area is 211 Å². The van der Waals surface area contributed by atoms with Crippen molar-refractivity contribution in [2.75, 3.05) is 19.7 Å². The number of ether oxygens (including phenoxy) is 1. The molecule has 0 saturated carbocycles. The molecule has 5 heteroatoms. The molecule has 1 fully saturated rings. The molecule has 0 radical (unpaired) electrons. The van der Waals surface area contributed by atoms with Gasteiger partial charge in [0.2, 0.25) is 0 Å². The number of rotatable bonds is 5. The largest absolute Gasteiger partial charge is 0.483 e. The molecule has 3 rings (SSSR count). The lowest BCUT2D eigenvalue weighted by atomic mass is 9.78. The number of piperazine rings is 1. The van der Waals surface area contributed by atoms with Gasteiger partial charge < -0.3 is 9.64 Å². The van der Waals surface area contributed by atoms with Crippen molar-refractivity contribution in [2.24, 2.45) is 0 Å². The van der Waals surface area contributed by atoms with E-state index in [1.165, 1.54) is 17.7 Å². The van der Waals surface area contributed by atoms with E-state index >= 15 is 0 Å². The lowest BCUT2D eigenvalue weighted by molar-refractivity contribution is -0.139. The second kappa shape index (κ2) is 10.3. The first-order valence-corrected chi connectivity index (χ1v) is 12.7. The molecule has 35 heavy (non-hydrogen) atoms. The van der Waals surface area contributed by atoms with Crippen LogP contribution in [-0.4, -0.2) is 47.5 Å². The lowest BCUT2D eigenvalue weighted by Crippen LogP contribution is -2.58. The molecule has 1 saturated heterocycles. The summed E-state index contributed by atoms with van der Waals surface area (Å²) in [4.78, 5) is 17.7. The smallest absolute Gasteiger partial charge is 0.260 e. The normalized spacial score (nSPS) is 19.7. The first kappa shape index (κ1) is 27.2. The summed E-state index contributed by atoms with van der Waals surface area (Å²) in [7, 11) is 0. The molecule has 1 amide bonds. The van der Waals surface area contributed by atoms with Crippen molar-refractivity contribution < 1.29 is 13.9 Å². The third-order valence-corrected chi connectivity index (χ3v) is 6.92. The maximum absolute atomic E-state index is 13.4. The van der Waals surface area contributed by atoms with E-state index in [1.807, 2.05) is 17.0 Å². The Kier molecular flexibility index (Phi) is 8.00. The average Bonchev–Trinajstić information content (AvgIpc) is 2.74. The molecule has 1 aliphatic rings. The first-order chi connectivity index (χ1) is 16.2. The Morgan fingerprint density at radius 1 is 0.943 bits per heavy atom. The van der Waals surface area contributed by atoms with Crippen molar-refractivity contribution in [3.05, 3.63) is 64.5 Å². The number of hydrogen-bond acceptors (Lipinski definition) is 3. The van der Waals surface area contributed by atoms with E-state index in [9.17, 15) is 9.18 Å². The van der Waals surface area contributed by atoms with Gasteiger partial charge in [0.05, 0.1) is 0 Å². The van der Waals surface area contributed by atoms with Gasteiger partial charge in [0.1, 0.15) is 11.6 Å². The Bertz CT molecular complexity index is 999. The van der Waals surface area contributed by atoms with Gasteiger partial charge in [-0.2, -0.15) is 0 Å². The minimum absolute atomic E-state index is 0.0195. The van der Waals surface area contributed by atoms with Crippen LogP contribution in [0.25, 0.3) is 0 Å². The van der Waals surface area contributed by atoms with E-state index in [0.29, 0.717) is 6.54 Å². The minimum Gasteiger partial charge on any atom is -0.483 e. The molecule has 4 nitrogen and oxygen atoms in total. The SMILES string of the molecule is Cc1cc(C(C)(C)C)c(OCC(=O)N2C[C@@H](C)N(Cc3ccc(F)cc3)C[C@@H]2C)c(C(C)(C)C)c1. The fourth-order valence-corrected chi connectivity index (χ4v) is 4.85. The molecule has 0 unspecified atom stereocenters. The maximum Gasteiger partial charge on any atom is 0.260 e. The van der Waals surface area contributed by atoms with Gasteiger partial charge in [0.25, 0.3) is 5.91 Å². The van der Waals surface area contributed by atoms with Crippen LogP contribution in [-0.2, 0) is 22.2 Å². The number of halogens is 1. The number of aryl methyl sites for hydroxylation is 1. The third kappa shape index (κ3) is 6.63. The fraction of sp³-hybridized carbons (Fsp3) is 0.567. The Hall–Kier alpha value is -2.40. The molecule has 2 atom stereocenters.